The first-order valence-electron chi connectivity index (χ1n) is 5.84. The Bertz CT molecular complexity index is 432. The maximum absolute atomic E-state index is 6.26. The summed E-state index contributed by atoms with van der Waals surface area (Å²) in [6.07, 6.45) is 0.906. The number of halogens is 1. The average molecular weight is 256 g/mol. The Balaban J connectivity index is 2.33. The van der Waals surface area contributed by atoms with Crippen molar-refractivity contribution in [2.75, 3.05) is 6.54 Å². The number of ether oxygens (including phenoxy) is 2. The largest absolute Gasteiger partial charge is 0.449 e. The van der Waals surface area contributed by atoms with Gasteiger partial charge in [-0.15, -0.1) is 0 Å². The molecule has 1 atom stereocenters. The molecule has 0 fully saturated rings. The van der Waals surface area contributed by atoms with Crippen LogP contribution in [-0.2, 0) is 0 Å². The van der Waals surface area contributed by atoms with E-state index in [1.54, 1.807) is 0 Å². The zero-order chi connectivity index (χ0) is 12.6. The molecule has 17 heavy (non-hydrogen) atoms. The summed E-state index contributed by atoms with van der Waals surface area (Å²) in [4.78, 5) is 0. The van der Waals surface area contributed by atoms with Crippen molar-refractivity contribution in [1.29, 1.82) is 0 Å². The summed E-state index contributed by atoms with van der Waals surface area (Å²) in [6.45, 7) is 6.52. The molecule has 0 saturated carbocycles. The molecule has 0 aliphatic carbocycles. The minimum Gasteiger partial charge on any atom is -0.449 e. The minimum absolute atomic E-state index is 0.324. The van der Waals surface area contributed by atoms with Gasteiger partial charge in [0.05, 0.1) is 0 Å². The summed E-state index contributed by atoms with van der Waals surface area (Å²) < 4.78 is 11.3. The first-order chi connectivity index (χ1) is 7.93. The molecule has 2 N–H and O–H groups in total. The van der Waals surface area contributed by atoms with E-state index in [4.69, 9.17) is 26.8 Å². The molecule has 1 aliphatic heterocycles. The molecule has 4 heteroatoms. The Morgan fingerprint density at radius 1 is 1.29 bits per heavy atom. The first kappa shape index (κ1) is 12.5. The molecule has 0 aromatic heterocycles. The van der Waals surface area contributed by atoms with Crippen molar-refractivity contribution in [2.24, 2.45) is 5.73 Å². The van der Waals surface area contributed by atoms with Gasteiger partial charge >= 0.3 is 0 Å². The Labute approximate surface area is 107 Å². The van der Waals surface area contributed by atoms with Gasteiger partial charge in [0.15, 0.2) is 11.5 Å². The molecule has 0 amide bonds. The quantitative estimate of drug-likeness (QED) is 0.901. The lowest BCUT2D eigenvalue weighted by Crippen LogP contribution is -2.29. The van der Waals surface area contributed by atoms with Crippen molar-refractivity contribution < 1.29 is 9.47 Å². The van der Waals surface area contributed by atoms with Gasteiger partial charge < -0.3 is 15.2 Å². The maximum Gasteiger partial charge on any atom is 0.246 e. The van der Waals surface area contributed by atoms with Crippen LogP contribution in [0.5, 0.6) is 11.5 Å². The van der Waals surface area contributed by atoms with Gasteiger partial charge in [-0.3, -0.25) is 0 Å². The van der Waals surface area contributed by atoms with Crippen LogP contribution in [0.1, 0.15) is 38.7 Å². The molecule has 0 saturated heterocycles. The van der Waals surface area contributed by atoms with Crippen LogP contribution in [-0.4, -0.2) is 12.3 Å². The summed E-state index contributed by atoms with van der Waals surface area (Å²) in [5.41, 5.74) is 6.64. The summed E-state index contributed by atoms with van der Waals surface area (Å²) in [6, 6.07) is 3.79. The van der Waals surface area contributed by atoms with Crippen molar-refractivity contribution in [3.8, 4) is 11.5 Å². The smallest absolute Gasteiger partial charge is 0.246 e. The second-order valence-electron chi connectivity index (χ2n) is 4.90. The third kappa shape index (κ3) is 2.50. The fourth-order valence-electron chi connectivity index (χ4n) is 2.04. The number of rotatable bonds is 3. The van der Waals surface area contributed by atoms with Crippen LogP contribution in [0.15, 0.2) is 12.1 Å². The lowest BCUT2D eigenvalue weighted by molar-refractivity contribution is -0.0431. The Kier molecular flexibility index (Phi) is 3.23. The zero-order valence-electron chi connectivity index (χ0n) is 10.4. The number of hydrogen-bond acceptors (Lipinski definition) is 3. The van der Waals surface area contributed by atoms with Crippen LogP contribution >= 0.6 is 11.6 Å². The third-order valence-electron chi connectivity index (χ3n) is 2.91. The standard InChI is InChI=1S/C13H18ClNO2/c1-8(4-5-15)9-6-11-12(7-10(9)14)17-13(2,3)16-11/h6-8H,4-5,15H2,1-3H3. The average Bonchev–Trinajstić information content (AvgIpc) is 2.50. The molecule has 0 radical (unpaired) electrons. The highest BCUT2D eigenvalue weighted by molar-refractivity contribution is 6.31. The summed E-state index contributed by atoms with van der Waals surface area (Å²) in [5, 5.41) is 0.714. The maximum atomic E-state index is 6.26. The molecular weight excluding hydrogens is 238 g/mol. The number of fused-ring (bicyclic) bond motifs is 1. The van der Waals surface area contributed by atoms with Gasteiger partial charge in [-0.05, 0) is 30.5 Å². The molecule has 1 heterocycles. The highest BCUT2D eigenvalue weighted by Gasteiger charge is 2.32. The zero-order valence-corrected chi connectivity index (χ0v) is 11.2. The first-order valence-corrected chi connectivity index (χ1v) is 6.22. The monoisotopic (exact) mass is 255 g/mol. The Morgan fingerprint density at radius 3 is 2.47 bits per heavy atom. The normalized spacial score (nSPS) is 18.2. The van der Waals surface area contributed by atoms with E-state index in [-0.39, 0.29) is 0 Å². The highest BCUT2D eigenvalue weighted by Crippen LogP contribution is 2.44. The molecule has 94 valence electrons. The van der Waals surface area contributed by atoms with E-state index in [0.717, 1.165) is 17.7 Å². The van der Waals surface area contributed by atoms with E-state index in [2.05, 4.69) is 6.92 Å². The minimum atomic E-state index is -0.610. The molecule has 0 spiro atoms. The van der Waals surface area contributed by atoms with Gasteiger partial charge in [0.2, 0.25) is 5.79 Å². The molecule has 1 aromatic carbocycles. The predicted octanol–water partition coefficient (Wildman–Crippen LogP) is 3.30. The molecular formula is C13H18ClNO2. The van der Waals surface area contributed by atoms with Crippen LogP contribution in [0.2, 0.25) is 5.02 Å². The van der Waals surface area contributed by atoms with E-state index in [1.165, 1.54) is 0 Å². The van der Waals surface area contributed by atoms with Gasteiger partial charge in [0.1, 0.15) is 0 Å². The lowest BCUT2D eigenvalue weighted by atomic mass is 9.97. The van der Waals surface area contributed by atoms with E-state index in [0.29, 0.717) is 23.2 Å². The summed E-state index contributed by atoms with van der Waals surface area (Å²) >= 11 is 6.26. The van der Waals surface area contributed by atoms with E-state index >= 15 is 0 Å². The second kappa shape index (κ2) is 4.39. The van der Waals surface area contributed by atoms with E-state index < -0.39 is 5.79 Å². The fraction of sp³-hybridized carbons (Fsp3) is 0.538. The Morgan fingerprint density at radius 2 is 1.88 bits per heavy atom. The van der Waals surface area contributed by atoms with Crippen LogP contribution < -0.4 is 15.2 Å². The van der Waals surface area contributed by atoms with Gasteiger partial charge in [-0.25, -0.2) is 0 Å². The van der Waals surface area contributed by atoms with Crippen LogP contribution in [0, 0.1) is 0 Å². The van der Waals surface area contributed by atoms with Gasteiger partial charge in [0.25, 0.3) is 0 Å². The fourth-order valence-corrected chi connectivity index (χ4v) is 2.38. The van der Waals surface area contributed by atoms with Crippen molar-refractivity contribution in [1.82, 2.24) is 0 Å². The van der Waals surface area contributed by atoms with Gasteiger partial charge in [-0.1, -0.05) is 18.5 Å². The van der Waals surface area contributed by atoms with Crippen molar-refractivity contribution in [2.45, 2.75) is 38.9 Å². The molecule has 1 aliphatic rings. The lowest BCUT2D eigenvalue weighted by Gasteiger charge is -2.16. The van der Waals surface area contributed by atoms with Gasteiger partial charge in [-0.2, -0.15) is 0 Å². The second-order valence-corrected chi connectivity index (χ2v) is 5.31. The van der Waals surface area contributed by atoms with Gasteiger partial charge in [0, 0.05) is 24.9 Å². The summed E-state index contributed by atoms with van der Waals surface area (Å²) in [7, 11) is 0. The Hall–Kier alpha value is -0.930. The number of hydrogen-bond donors (Lipinski definition) is 1. The van der Waals surface area contributed by atoms with E-state index in [1.807, 2.05) is 26.0 Å². The molecule has 3 nitrogen and oxygen atoms in total. The van der Waals surface area contributed by atoms with Crippen molar-refractivity contribution in [3.63, 3.8) is 0 Å². The molecule has 1 unspecified atom stereocenters. The third-order valence-corrected chi connectivity index (χ3v) is 3.23. The van der Waals surface area contributed by atoms with Crippen LogP contribution in [0.4, 0.5) is 0 Å². The highest BCUT2D eigenvalue weighted by atomic mass is 35.5. The topological polar surface area (TPSA) is 44.5 Å². The van der Waals surface area contributed by atoms with Crippen LogP contribution in [0.25, 0.3) is 0 Å². The SMILES string of the molecule is CC(CCN)c1cc2c(cc1Cl)OC(C)(C)O2. The number of nitrogens with two attached hydrogens (primary N) is 1. The summed E-state index contributed by atoms with van der Waals surface area (Å²) in [5.74, 6) is 1.19. The molecule has 0 bridgehead atoms. The van der Waals surface area contributed by atoms with E-state index in [9.17, 15) is 0 Å². The van der Waals surface area contributed by atoms with Crippen LogP contribution in [0.3, 0.4) is 0 Å². The van der Waals surface area contributed by atoms with Crippen molar-refractivity contribution in [3.05, 3.63) is 22.7 Å². The number of benzene rings is 1. The molecule has 2 rings (SSSR count). The predicted molar refractivity (Wildman–Crippen MR) is 68.9 cm³/mol. The van der Waals surface area contributed by atoms with Crippen molar-refractivity contribution >= 4 is 11.6 Å². The molecule has 1 aromatic rings.